The number of nitrogens with one attached hydrogen (secondary N) is 1. The molecule has 0 amide bonds. The number of hydrogen-bond acceptors (Lipinski definition) is 3. The summed E-state index contributed by atoms with van der Waals surface area (Å²) in [6.07, 6.45) is 0. The minimum atomic E-state index is 0.587. The molecule has 0 bridgehead atoms. The lowest BCUT2D eigenvalue weighted by molar-refractivity contribution is 0.306. The fourth-order valence-corrected chi connectivity index (χ4v) is 2.47. The van der Waals surface area contributed by atoms with Gasteiger partial charge in [0.05, 0.1) is 7.11 Å². The highest BCUT2D eigenvalue weighted by atomic mass is 16.5. The number of aryl methyl sites for hydroxylation is 1. The molecule has 3 heteroatoms. The van der Waals surface area contributed by atoms with Gasteiger partial charge in [-0.25, -0.2) is 0 Å². The van der Waals surface area contributed by atoms with E-state index in [2.05, 4.69) is 48.6 Å². The molecule has 3 nitrogen and oxygen atoms in total. The molecule has 3 rings (SSSR count). The number of benzene rings is 3. The standard InChI is InChI=1S/C22H23NO2/c1-17-3-5-19(6-4-17)16-25-22-11-7-18(8-12-22)15-23-20-9-13-21(24-2)14-10-20/h3-14,23H,15-16H2,1-2H3. The van der Waals surface area contributed by atoms with Crippen LogP contribution in [-0.4, -0.2) is 7.11 Å². The van der Waals surface area contributed by atoms with E-state index < -0.39 is 0 Å². The zero-order valence-corrected chi connectivity index (χ0v) is 14.7. The summed E-state index contributed by atoms with van der Waals surface area (Å²) in [5, 5.41) is 3.40. The average Bonchev–Trinajstić information content (AvgIpc) is 2.67. The molecule has 25 heavy (non-hydrogen) atoms. The van der Waals surface area contributed by atoms with E-state index in [-0.39, 0.29) is 0 Å². The van der Waals surface area contributed by atoms with Crippen LogP contribution in [0.15, 0.2) is 72.8 Å². The highest BCUT2D eigenvalue weighted by Crippen LogP contribution is 2.18. The third-order valence-corrected chi connectivity index (χ3v) is 4.04. The molecule has 0 saturated carbocycles. The predicted molar refractivity (Wildman–Crippen MR) is 102 cm³/mol. The summed E-state index contributed by atoms with van der Waals surface area (Å²) < 4.78 is 11.0. The van der Waals surface area contributed by atoms with Gasteiger partial charge in [0, 0.05) is 12.2 Å². The minimum absolute atomic E-state index is 0.587. The van der Waals surface area contributed by atoms with Gasteiger partial charge in [0.2, 0.25) is 0 Å². The summed E-state index contributed by atoms with van der Waals surface area (Å²) in [6, 6.07) is 24.5. The first-order valence-corrected chi connectivity index (χ1v) is 8.38. The quantitative estimate of drug-likeness (QED) is 0.645. The molecule has 0 radical (unpaired) electrons. The van der Waals surface area contributed by atoms with Crippen LogP contribution in [-0.2, 0) is 13.2 Å². The van der Waals surface area contributed by atoms with Crippen molar-refractivity contribution in [2.45, 2.75) is 20.1 Å². The lowest BCUT2D eigenvalue weighted by Gasteiger charge is -2.09. The molecule has 0 heterocycles. The maximum absolute atomic E-state index is 5.84. The molecular weight excluding hydrogens is 310 g/mol. The van der Waals surface area contributed by atoms with Gasteiger partial charge in [0.15, 0.2) is 0 Å². The molecule has 0 aliphatic carbocycles. The summed E-state index contributed by atoms with van der Waals surface area (Å²) in [5.74, 6) is 1.74. The molecule has 0 unspecified atom stereocenters. The minimum Gasteiger partial charge on any atom is -0.497 e. The number of methoxy groups -OCH3 is 1. The third kappa shape index (κ3) is 5.01. The Labute approximate surface area is 149 Å². The van der Waals surface area contributed by atoms with Crippen LogP contribution < -0.4 is 14.8 Å². The third-order valence-electron chi connectivity index (χ3n) is 4.04. The first-order valence-electron chi connectivity index (χ1n) is 8.38. The molecule has 0 fully saturated rings. The Morgan fingerprint density at radius 2 is 1.32 bits per heavy atom. The van der Waals surface area contributed by atoms with Gasteiger partial charge in [-0.05, 0) is 54.4 Å². The van der Waals surface area contributed by atoms with Crippen LogP contribution in [0.5, 0.6) is 11.5 Å². The van der Waals surface area contributed by atoms with Crippen molar-refractivity contribution in [1.82, 2.24) is 0 Å². The Balaban J connectivity index is 1.50. The summed E-state index contributed by atoms with van der Waals surface area (Å²) in [7, 11) is 1.67. The van der Waals surface area contributed by atoms with Gasteiger partial charge in [0.25, 0.3) is 0 Å². The number of anilines is 1. The Bertz CT molecular complexity index is 778. The lowest BCUT2D eigenvalue weighted by atomic mass is 10.2. The van der Waals surface area contributed by atoms with Crippen LogP contribution >= 0.6 is 0 Å². The second kappa shape index (κ2) is 8.25. The Hall–Kier alpha value is -2.94. The molecule has 0 spiro atoms. The van der Waals surface area contributed by atoms with Crippen LogP contribution in [0.2, 0.25) is 0 Å². The van der Waals surface area contributed by atoms with Crippen molar-refractivity contribution < 1.29 is 9.47 Å². The van der Waals surface area contributed by atoms with Crippen molar-refractivity contribution in [1.29, 1.82) is 0 Å². The molecule has 1 N–H and O–H groups in total. The SMILES string of the molecule is COc1ccc(NCc2ccc(OCc3ccc(C)cc3)cc2)cc1. The van der Waals surface area contributed by atoms with Crippen molar-refractivity contribution in [3.05, 3.63) is 89.5 Å². The van der Waals surface area contributed by atoms with Gasteiger partial charge in [-0.3, -0.25) is 0 Å². The van der Waals surface area contributed by atoms with E-state index in [9.17, 15) is 0 Å². The zero-order valence-electron chi connectivity index (χ0n) is 14.7. The number of rotatable bonds is 7. The smallest absolute Gasteiger partial charge is 0.119 e. The van der Waals surface area contributed by atoms with E-state index in [1.165, 1.54) is 16.7 Å². The fourth-order valence-electron chi connectivity index (χ4n) is 2.47. The first-order chi connectivity index (χ1) is 12.2. The number of hydrogen-bond donors (Lipinski definition) is 1. The molecule has 0 aromatic heterocycles. The first kappa shape index (κ1) is 16.9. The van der Waals surface area contributed by atoms with Crippen LogP contribution in [0.3, 0.4) is 0 Å². The molecule has 3 aromatic carbocycles. The highest BCUT2D eigenvalue weighted by molar-refractivity contribution is 5.47. The van der Waals surface area contributed by atoms with Crippen molar-refractivity contribution >= 4 is 5.69 Å². The maximum Gasteiger partial charge on any atom is 0.119 e. The van der Waals surface area contributed by atoms with Crippen molar-refractivity contribution in [3.8, 4) is 11.5 Å². The van der Waals surface area contributed by atoms with Crippen LogP contribution in [0.4, 0.5) is 5.69 Å². The Morgan fingerprint density at radius 3 is 1.96 bits per heavy atom. The maximum atomic E-state index is 5.84. The second-order valence-corrected chi connectivity index (χ2v) is 6.00. The second-order valence-electron chi connectivity index (χ2n) is 6.00. The highest BCUT2D eigenvalue weighted by Gasteiger charge is 1.99. The van der Waals surface area contributed by atoms with Gasteiger partial charge >= 0.3 is 0 Å². The number of ether oxygens (including phenoxy) is 2. The Morgan fingerprint density at radius 1 is 0.720 bits per heavy atom. The summed E-state index contributed by atoms with van der Waals surface area (Å²) in [6.45, 7) is 3.44. The molecular formula is C22H23NO2. The van der Waals surface area contributed by atoms with Crippen molar-refractivity contribution in [2.24, 2.45) is 0 Å². The molecule has 0 aliphatic rings. The van der Waals surface area contributed by atoms with Gasteiger partial charge in [-0.15, -0.1) is 0 Å². The van der Waals surface area contributed by atoms with Gasteiger partial charge in [-0.2, -0.15) is 0 Å². The molecule has 0 atom stereocenters. The monoisotopic (exact) mass is 333 g/mol. The fraction of sp³-hybridized carbons (Fsp3) is 0.182. The van der Waals surface area contributed by atoms with Gasteiger partial charge in [0.1, 0.15) is 18.1 Å². The van der Waals surface area contributed by atoms with E-state index in [0.29, 0.717) is 6.61 Å². The van der Waals surface area contributed by atoms with Crippen LogP contribution in [0.1, 0.15) is 16.7 Å². The topological polar surface area (TPSA) is 30.5 Å². The molecule has 0 saturated heterocycles. The normalized spacial score (nSPS) is 10.3. The van der Waals surface area contributed by atoms with E-state index in [1.807, 2.05) is 36.4 Å². The summed E-state index contributed by atoms with van der Waals surface area (Å²) in [5.41, 5.74) is 4.72. The largest absolute Gasteiger partial charge is 0.497 e. The van der Waals surface area contributed by atoms with Crippen LogP contribution in [0.25, 0.3) is 0 Å². The predicted octanol–water partition coefficient (Wildman–Crippen LogP) is 5.19. The molecule has 128 valence electrons. The van der Waals surface area contributed by atoms with Crippen molar-refractivity contribution in [3.63, 3.8) is 0 Å². The van der Waals surface area contributed by atoms with E-state index >= 15 is 0 Å². The average molecular weight is 333 g/mol. The Kier molecular flexibility index (Phi) is 5.57. The van der Waals surface area contributed by atoms with Gasteiger partial charge in [-0.1, -0.05) is 42.0 Å². The summed E-state index contributed by atoms with van der Waals surface area (Å²) >= 11 is 0. The van der Waals surface area contributed by atoms with Crippen LogP contribution in [0, 0.1) is 6.92 Å². The van der Waals surface area contributed by atoms with Crippen molar-refractivity contribution in [2.75, 3.05) is 12.4 Å². The van der Waals surface area contributed by atoms with Gasteiger partial charge < -0.3 is 14.8 Å². The molecule has 0 aliphatic heterocycles. The molecule has 3 aromatic rings. The zero-order chi connectivity index (χ0) is 17.5. The summed E-state index contributed by atoms with van der Waals surface area (Å²) in [4.78, 5) is 0. The van der Waals surface area contributed by atoms with E-state index in [1.54, 1.807) is 7.11 Å². The van der Waals surface area contributed by atoms with E-state index in [0.717, 1.165) is 23.7 Å². The van der Waals surface area contributed by atoms with E-state index in [4.69, 9.17) is 9.47 Å². The lowest BCUT2D eigenvalue weighted by Crippen LogP contribution is -2.00.